The molecule has 1 N–H and O–H groups in total. The largest absolute Gasteiger partial charge is 0.619 e. The number of carbonyl (C=O) groups is 2. The summed E-state index contributed by atoms with van der Waals surface area (Å²) in [6, 6.07) is 15.4. The molecule has 0 radical (unpaired) electrons. The number of pyridine rings is 1. The summed E-state index contributed by atoms with van der Waals surface area (Å²) in [6.07, 6.45) is 2.70. The number of halogens is 2. The first kappa shape index (κ1) is 21.6. The lowest BCUT2D eigenvalue weighted by atomic mass is 10.0. The number of carboxylic acids is 1. The van der Waals surface area contributed by atoms with Gasteiger partial charge >= 0.3 is 5.97 Å². The van der Waals surface area contributed by atoms with E-state index in [0.717, 1.165) is 5.56 Å². The number of nitrogens with zero attached hydrogens (tertiary/aromatic N) is 2. The van der Waals surface area contributed by atoms with E-state index in [9.17, 15) is 19.9 Å². The number of hydrogen-bond acceptors (Lipinski definition) is 3. The van der Waals surface area contributed by atoms with Crippen LogP contribution in [0.2, 0.25) is 10.0 Å². The maximum atomic E-state index is 13.4. The molecule has 30 heavy (non-hydrogen) atoms. The fourth-order valence-corrected chi connectivity index (χ4v) is 3.59. The van der Waals surface area contributed by atoms with Gasteiger partial charge in [-0.15, -0.1) is 0 Å². The van der Waals surface area contributed by atoms with E-state index >= 15 is 0 Å². The number of rotatable bonds is 7. The third kappa shape index (κ3) is 5.28. The van der Waals surface area contributed by atoms with Crippen LogP contribution >= 0.6 is 23.2 Å². The van der Waals surface area contributed by atoms with Crippen LogP contribution in [-0.4, -0.2) is 27.9 Å². The first-order valence-corrected chi connectivity index (χ1v) is 9.81. The van der Waals surface area contributed by atoms with Crippen LogP contribution in [0.25, 0.3) is 0 Å². The molecule has 1 atom stereocenters. The Morgan fingerprint density at radius 3 is 2.37 bits per heavy atom. The summed E-state index contributed by atoms with van der Waals surface area (Å²) in [7, 11) is 0. The Morgan fingerprint density at radius 1 is 1.03 bits per heavy atom. The molecule has 1 aromatic heterocycles. The van der Waals surface area contributed by atoms with Gasteiger partial charge in [-0.1, -0.05) is 53.5 Å². The number of aromatic nitrogens is 1. The predicted octanol–water partition coefficient (Wildman–Crippen LogP) is 3.97. The van der Waals surface area contributed by atoms with Crippen LogP contribution in [0.1, 0.15) is 21.5 Å². The smallest absolute Gasteiger partial charge is 0.326 e. The number of carbonyl (C=O) groups excluding carboxylic acids is 1. The summed E-state index contributed by atoms with van der Waals surface area (Å²) in [5.41, 5.74) is 1.38. The fourth-order valence-electron chi connectivity index (χ4n) is 3.10. The van der Waals surface area contributed by atoms with E-state index in [0.29, 0.717) is 15.3 Å². The van der Waals surface area contributed by atoms with Gasteiger partial charge in [-0.2, -0.15) is 4.73 Å². The van der Waals surface area contributed by atoms with Gasteiger partial charge in [0, 0.05) is 23.1 Å². The topological polar surface area (TPSA) is 84.6 Å². The standard InChI is InChI=1S/C22H18Cl2N2O4/c23-17-8-9-18(19(24)12-17)21(27)26(14-16-7-4-10-25(30)13-16)20(22(28)29)11-15-5-2-1-3-6-15/h1-10,12-13,20H,11,14H2,(H,28,29). The Morgan fingerprint density at radius 2 is 1.73 bits per heavy atom. The minimum Gasteiger partial charge on any atom is -0.619 e. The van der Waals surface area contributed by atoms with Crippen molar-refractivity contribution < 1.29 is 19.4 Å². The first-order chi connectivity index (χ1) is 14.3. The summed E-state index contributed by atoms with van der Waals surface area (Å²) in [5.74, 6) is -1.73. The number of carboxylic acid groups (broad SMARTS) is 1. The van der Waals surface area contributed by atoms with E-state index in [-0.39, 0.29) is 23.6 Å². The molecule has 0 aliphatic rings. The zero-order valence-corrected chi connectivity index (χ0v) is 17.3. The Hall–Kier alpha value is -3.09. The van der Waals surface area contributed by atoms with Crippen LogP contribution in [0.3, 0.4) is 0 Å². The van der Waals surface area contributed by atoms with Gasteiger partial charge in [0.1, 0.15) is 6.04 Å². The Labute approximate surface area is 183 Å². The van der Waals surface area contributed by atoms with Crippen molar-refractivity contribution >= 4 is 35.1 Å². The molecule has 3 aromatic rings. The summed E-state index contributed by atoms with van der Waals surface area (Å²) in [4.78, 5) is 26.7. The lowest BCUT2D eigenvalue weighted by molar-refractivity contribution is -0.605. The Kier molecular flexibility index (Phi) is 6.92. The number of aliphatic carboxylic acids is 1. The molecule has 0 fully saturated rings. The quantitative estimate of drug-likeness (QED) is 0.441. The second kappa shape index (κ2) is 9.61. The highest BCUT2D eigenvalue weighted by Crippen LogP contribution is 2.25. The first-order valence-electron chi connectivity index (χ1n) is 9.05. The van der Waals surface area contributed by atoms with Crippen LogP contribution in [0, 0.1) is 5.21 Å². The van der Waals surface area contributed by atoms with Crippen LogP contribution in [0.5, 0.6) is 0 Å². The third-order valence-electron chi connectivity index (χ3n) is 4.54. The Bertz CT molecular complexity index is 1060. The van der Waals surface area contributed by atoms with Gasteiger partial charge in [0.2, 0.25) is 0 Å². The zero-order chi connectivity index (χ0) is 21.7. The molecule has 0 aliphatic heterocycles. The van der Waals surface area contributed by atoms with Crippen molar-refractivity contribution in [3.8, 4) is 0 Å². The third-order valence-corrected chi connectivity index (χ3v) is 5.09. The minimum atomic E-state index is -1.17. The van der Waals surface area contributed by atoms with E-state index in [1.807, 2.05) is 6.07 Å². The van der Waals surface area contributed by atoms with Gasteiger partial charge in [-0.05, 0) is 29.8 Å². The highest BCUT2D eigenvalue weighted by atomic mass is 35.5. The van der Waals surface area contributed by atoms with Crippen LogP contribution < -0.4 is 4.73 Å². The van der Waals surface area contributed by atoms with Crippen LogP contribution in [0.15, 0.2) is 73.1 Å². The fraction of sp³-hybridized carbons (Fsp3) is 0.136. The summed E-state index contributed by atoms with van der Waals surface area (Å²) in [5, 5.41) is 22.1. The van der Waals surface area contributed by atoms with Gasteiger partial charge < -0.3 is 15.2 Å². The van der Waals surface area contributed by atoms with Crippen molar-refractivity contribution in [2.45, 2.75) is 19.0 Å². The molecule has 0 saturated carbocycles. The van der Waals surface area contributed by atoms with Gasteiger partial charge in [0.05, 0.1) is 17.1 Å². The lowest BCUT2D eigenvalue weighted by Crippen LogP contribution is -2.46. The Balaban J connectivity index is 2.02. The summed E-state index contributed by atoms with van der Waals surface area (Å²) < 4.78 is 0.597. The maximum Gasteiger partial charge on any atom is 0.326 e. The molecule has 0 spiro atoms. The highest BCUT2D eigenvalue weighted by molar-refractivity contribution is 6.36. The normalized spacial score (nSPS) is 11.7. The molecule has 1 amide bonds. The number of hydrogen-bond donors (Lipinski definition) is 1. The van der Waals surface area contributed by atoms with Crippen molar-refractivity contribution in [1.29, 1.82) is 0 Å². The highest BCUT2D eigenvalue weighted by Gasteiger charge is 2.32. The SMILES string of the molecule is O=C(O)C(Cc1ccccc1)N(Cc1ccc[n+]([O-])c1)C(=O)c1ccc(Cl)cc1Cl. The maximum absolute atomic E-state index is 13.4. The van der Waals surface area contributed by atoms with E-state index < -0.39 is 17.9 Å². The average molecular weight is 445 g/mol. The molecule has 0 saturated heterocycles. The van der Waals surface area contributed by atoms with Crippen LogP contribution in [0.4, 0.5) is 0 Å². The van der Waals surface area contributed by atoms with Crippen molar-refractivity contribution in [1.82, 2.24) is 4.90 Å². The summed E-state index contributed by atoms with van der Waals surface area (Å²) in [6.45, 7) is -0.0787. The minimum absolute atomic E-state index is 0.0787. The van der Waals surface area contributed by atoms with Crippen molar-refractivity contribution in [3.05, 3.63) is 105 Å². The van der Waals surface area contributed by atoms with Gasteiger partial charge in [0.25, 0.3) is 5.91 Å². The van der Waals surface area contributed by atoms with Crippen LogP contribution in [-0.2, 0) is 17.8 Å². The van der Waals surface area contributed by atoms with Gasteiger partial charge in [-0.3, -0.25) is 4.79 Å². The van der Waals surface area contributed by atoms with E-state index in [2.05, 4.69) is 0 Å². The van der Waals surface area contributed by atoms with E-state index in [4.69, 9.17) is 23.2 Å². The molecule has 154 valence electrons. The molecular weight excluding hydrogens is 427 g/mol. The van der Waals surface area contributed by atoms with Crippen molar-refractivity contribution in [3.63, 3.8) is 0 Å². The number of amides is 1. The monoisotopic (exact) mass is 444 g/mol. The van der Waals surface area contributed by atoms with Gasteiger partial charge in [-0.25, -0.2) is 4.79 Å². The van der Waals surface area contributed by atoms with Crippen molar-refractivity contribution in [2.75, 3.05) is 0 Å². The molecule has 0 aliphatic carbocycles. The molecule has 1 unspecified atom stereocenters. The molecule has 6 nitrogen and oxygen atoms in total. The predicted molar refractivity (Wildman–Crippen MR) is 113 cm³/mol. The molecule has 8 heteroatoms. The van der Waals surface area contributed by atoms with E-state index in [1.165, 1.54) is 41.6 Å². The molecular formula is C22H18Cl2N2O4. The van der Waals surface area contributed by atoms with Gasteiger partial charge in [0.15, 0.2) is 12.4 Å². The second-order valence-corrected chi connectivity index (χ2v) is 7.52. The average Bonchev–Trinajstić information content (AvgIpc) is 2.71. The lowest BCUT2D eigenvalue weighted by Gasteiger charge is -2.29. The summed E-state index contributed by atoms with van der Waals surface area (Å²) >= 11 is 12.1. The zero-order valence-electron chi connectivity index (χ0n) is 15.7. The molecule has 3 rings (SSSR count). The molecule has 0 bridgehead atoms. The number of benzene rings is 2. The second-order valence-electron chi connectivity index (χ2n) is 6.67. The van der Waals surface area contributed by atoms with E-state index in [1.54, 1.807) is 30.3 Å². The van der Waals surface area contributed by atoms with Crippen molar-refractivity contribution in [2.24, 2.45) is 0 Å². The molecule has 2 aromatic carbocycles. The molecule has 1 heterocycles.